The fourth-order valence-corrected chi connectivity index (χ4v) is 4.58. The van der Waals surface area contributed by atoms with Crippen LogP contribution in [0.25, 0.3) is 5.69 Å². The zero-order chi connectivity index (χ0) is 23.4. The van der Waals surface area contributed by atoms with Crippen LogP contribution >= 0.6 is 11.8 Å². The number of hydrogen-bond acceptors (Lipinski definition) is 9. The molecule has 2 aromatic carbocycles. The number of nitrogens with zero attached hydrogens (tertiary/aromatic N) is 5. The third kappa shape index (κ3) is 6.21. The molecule has 2 heterocycles. The Kier molecular flexibility index (Phi) is 8.81. The third-order valence-electron chi connectivity index (χ3n) is 4.66. The molecule has 1 aliphatic heterocycles. The first-order valence-corrected chi connectivity index (χ1v) is 12.0. The molecular weight excluding hydrogens is 495 g/mol. The van der Waals surface area contributed by atoms with Gasteiger partial charge in [0.1, 0.15) is 0 Å². The van der Waals surface area contributed by atoms with Gasteiger partial charge in [-0.1, -0.05) is 18.2 Å². The molecule has 0 spiro atoms. The maximum Gasteiger partial charge on any atom is 1.00 e. The molecule has 0 unspecified atom stereocenters. The van der Waals surface area contributed by atoms with E-state index in [0.717, 1.165) is 11.8 Å². The molecule has 3 aromatic rings. The molecule has 12 nitrogen and oxygen atoms in total. The number of aromatic nitrogens is 4. The van der Waals surface area contributed by atoms with Crippen LogP contribution in [0.15, 0.2) is 58.6 Å². The molecule has 172 valence electrons. The molecule has 0 radical (unpaired) electrons. The van der Waals surface area contributed by atoms with Crippen molar-refractivity contribution in [2.75, 3.05) is 31.6 Å². The largest absolute Gasteiger partial charge is 1.00 e. The summed E-state index contributed by atoms with van der Waals surface area (Å²) in [6, 6.07) is 12.0. The average molecular weight is 515 g/mol. The topological polar surface area (TPSA) is 159 Å². The minimum atomic E-state index is -4.33. The van der Waals surface area contributed by atoms with E-state index in [9.17, 15) is 18.0 Å². The molecule has 1 saturated heterocycles. The summed E-state index contributed by atoms with van der Waals surface area (Å²) in [4.78, 5) is 26.5. The van der Waals surface area contributed by atoms with Gasteiger partial charge >= 0.3 is 39.7 Å². The van der Waals surface area contributed by atoms with E-state index < -0.39 is 16.0 Å². The Morgan fingerprint density at radius 1 is 1.09 bits per heavy atom. The number of ether oxygens (including phenoxy) is 1. The van der Waals surface area contributed by atoms with Crippen LogP contribution < -0.4 is 34.9 Å². The second-order valence-corrected chi connectivity index (χ2v) is 9.21. The second-order valence-electron chi connectivity index (χ2n) is 6.84. The van der Waals surface area contributed by atoms with Gasteiger partial charge in [-0.05, 0) is 40.8 Å². The molecule has 0 aliphatic carbocycles. The van der Waals surface area contributed by atoms with Gasteiger partial charge in [0.2, 0.25) is 5.16 Å². The van der Waals surface area contributed by atoms with E-state index in [1.807, 2.05) is 0 Å². The Bertz CT molecular complexity index is 1300. The van der Waals surface area contributed by atoms with Crippen LogP contribution in [0.2, 0.25) is 0 Å². The number of amides is 2. The van der Waals surface area contributed by atoms with Crippen LogP contribution in [0.1, 0.15) is 10.4 Å². The summed E-state index contributed by atoms with van der Waals surface area (Å²) in [6.45, 7) is 1.93. The van der Waals surface area contributed by atoms with Gasteiger partial charge in [-0.2, -0.15) is 4.68 Å². The van der Waals surface area contributed by atoms with Crippen molar-refractivity contribution in [3.05, 3.63) is 54.1 Å². The van der Waals surface area contributed by atoms with E-state index in [1.54, 1.807) is 29.2 Å². The normalized spacial score (nSPS) is 13.7. The first-order chi connectivity index (χ1) is 15.8. The molecule has 0 saturated carbocycles. The minimum absolute atomic E-state index is 0. The fourth-order valence-electron chi connectivity index (χ4n) is 3.10. The number of anilines is 1. The van der Waals surface area contributed by atoms with Gasteiger partial charge in [-0.15, -0.1) is 13.5 Å². The number of thioether (sulfide) groups is 1. The van der Waals surface area contributed by atoms with Crippen molar-refractivity contribution in [3.8, 4) is 5.69 Å². The molecule has 15 heteroatoms. The first-order valence-electron chi connectivity index (χ1n) is 9.66. The fraction of sp³-hybridized carbons (Fsp3) is 0.211. The molecule has 1 aliphatic rings. The van der Waals surface area contributed by atoms with E-state index in [1.165, 1.54) is 28.9 Å². The van der Waals surface area contributed by atoms with Crippen molar-refractivity contribution >= 4 is 38.7 Å². The monoisotopic (exact) mass is 514 g/mol. The molecule has 0 atom stereocenters. The number of benzene rings is 2. The van der Waals surface area contributed by atoms with Gasteiger partial charge < -0.3 is 19.5 Å². The molecule has 1 fully saturated rings. The van der Waals surface area contributed by atoms with Crippen molar-refractivity contribution in [1.29, 1.82) is 0 Å². The van der Waals surface area contributed by atoms with E-state index in [0.29, 0.717) is 37.7 Å². The molecule has 2 amide bonds. The smallest absolute Gasteiger partial charge is 0.378 e. The van der Waals surface area contributed by atoms with E-state index in [2.05, 4.69) is 20.8 Å². The Hall–Kier alpha value is -2.33. The minimum Gasteiger partial charge on any atom is -0.378 e. The Morgan fingerprint density at radius 3 is 2.56 bits per heavy atom. The zero-order valence-electron chi connectivity index (χ0n) is 18.0. The van der Waals surface area contributed by atoms with E-state index >= 15 is 0 Å². The number of morpholine rings is 1. The Morgan fingerprint density at radius 2 is 1.82 bits per heavy atom. The summed E-state index contributed by atoms with van der Waals surface area (Å²) in [7, 11) is -4.33. The summed E-state index contributed by atoms with van der Waals surface area (Å²) >= 11 is 0.883. The Labute approximate surface area is 221 Å². The predicted octanol–water partition coefficient (Wildman–Crippen LogP) is -2.12. The summed E-state index contributed by atoms with van der Waals surface area (Å²) in [6.07, 6.45) is 0. The van der Waals surface area contributed by atoms with Gasteiger partial charge in [0.25, 0.3) is 11.1 Å². The summed E-state index contributed by atoms with van der Waals surface area (Å²) in [5.74, 6) is -0.688. The van der Waals surface area contributed by atoms with Crippen LogP contribution in [0.4, 0.5) is 10.5 Å². The number of nitrogens with one attached hydrogen (secondary N) is 1. The second kappa shape index (κ2) is 11.4. The van der Waals surface area contributed by atoms with Crippen molar-refractivity contribution < 1.29 is 56.9 Å². The van der Waals surface area contributed by atoms with Crippen molar-refractivity contribution in [1.82, 2.24) is 25.1 Å². The number of carbonyl (C=O) groups is 2. The Balaban J connectivity index is 0.00000324. The molecular formula is C19H19N6NaO6S2+2. The van der Waals surface area contributed by atoms with Gasteiger partial charge in [0.15, 0.2) is 4.90 Å². The van der Waals surface area contributed by atoms with Crippen LogP contribution in [-0.2, 0) is 14.9 Å². The van der Waals surface area contributed by atoms with Gasteiger partial charge in [-0.25, -0.2) is 0 Å². The maximum absolute atomic E-state index is 12.7. The summed E-state index contributed by atoms with van der Waals surface area (Å²) in [5.41, 5.74) is 0.685. The van der Waals surface area contributed by atoms with Crippen molar-refractivity contribution in [2.24, 2.45) is 0 Å². The molecule has 3 N–H and O–H groups in total. The zero-order valence-corrected chi connectivity index (χ0v) is 21.7. The number of tetrazole rings is 1. The quantitative estimate of drug-likeness (QED) is 0.228. The van der Waals surface area contributed by atoms with Crippen molar-refractivity contribution in [3.63, 3.8) is 0 Å². The summed E-state index contributed by atoms with van der Waals surface area (Å²) < 4.78 is 37.3. The number of carbonyl (C=O) groups excluding carboxylic acids is 2. The van der Waals surface area contributed by atoms with Crippen LogP contribution in [-0.4, -0.2) is 75.5 Å². The van der Waals surface area contributed by atoms with E-state index in [4.69, 9.17) is 9.29 Å². The molecule has 34 heavy (non-hydrogen) atoms. The number of rotatable bonds is 5. The molecule has 1 aromatic heterocycles. The average Bonchev–Trinajstić information content (AvgIpc) is 3.27. The van der Waals surface area contributed by atoms with Crippen LogP contribution in [0.3, 0.4) is 0 Å². The molecule has 0 bridgehead atoms. The SMILES string of the molecule is O=C(Nc1cccc(-n2nnnc2SC(=O)N2CCOCC2)c1)c1ccccc1S(=O)(=O)[OH2+].[Na+]. The number of hydrogen-bond donors (Lipinski definition) is 1. The van der Waals surface area contributed by atoms with Crippen LogP contribution in [0.5, 0.6) is 0 Å². The first kappa shape index (κ1) is 26.3. The predicted molar refractivity (Wildman–Crippen MR) is 118 cm³/mol. The van der Waals surface area contributed by atoms with Gasteiger partial charge in [0.05, 0.1) is 24.5 Å². The third-order valence-corrected chi connectivity index (χ3v) is 6.46. The standard InChI is InChI=1S/C19H18N6O6S2.Na/c26-17(15-6-1-2-7-16(15)33(28,29)30)20-13-4-3-5-14(12-13)25-18(21-22-23-25)32-19(27)24-8-10-31-11-9-24;/h1-7,12H,8-11H2,(H,20,26)(H,28,29,30);/q;+1/p+1. The maximum atomic E-state index is 12.7. The van der Waals surface area contributed by atoms with E-state index in [-0.39, 0.29) is 50.4 Å². The van der Waals surface area contributed by atoms with Gasteiger partial charge in [0, 0.05) is 30.5 Å². The van der Waals surface area contributed by atoms with Gasteiger partial charge in [-0.3, -0.25) is 9.59 Å². The van der Waals surface area contributed by atoms with Crippen LogP contribution in [0, 0.1) is 0 Å². The molecule has 4 rings (SSSR count). The van der Waals surface area contributed by atoms with Crippen molar-refractivity contribution in [2.45, 2.75) is 10.1 Å². The summed E-state index contributed by atoms with van der Waals surface area (Å²) in [5, 5.41) is 14.2.